The standard InChI is InChI=1S/C29H27ClN2O4S/c1-2-36-26-17-15-25(16-18-26)32(37(34,35)27-19-13-24(30)14-20-27)21-28(33)31-29(22-9-5-3-6-10-22)23-11-7-4-8-12-23/h3-20,29H,2,21H2,1H3,(H,31,33). The molecular weight excluding hydrogens is 508 g/mol. The van der Waals surface area contributed by atoms with Crippen molar-refractivity contribution in [2.75, 3.05) is 17.5 Å². The van der Waals surface area contributed by atoms with E-state index in [9.17, 15) is 13.2 Å². The zero-order valence-electron chi connectivity index (χ0n) is 20.3. The lowest BCUT2D eigenvalue weighted by Gasteiger charge is -2.26. The summed E-state index contributed by atoms with van der Waals surface area (Å²) < 4.78 is 34.0. The van der Waals surface area contributed by atoms with Gasteiger partial charge in [-0.2, -0.15) is 0 Å². The van der Waals surface area contributed by atoms with Crippen molar-refractivity contribution in [3.05, 3.63) is 125 Å². The summed E-state index contributed by atoms with van der Waals surface area (Å²) in [5.74, 6) is 0.150. The van der Waals surface area contributed by atoms with Gasteiger partial charge in [-0.15, -0.1) is 0 Å². The van der Waals surface area contributed by atoms with Crippen LogP contribution in [0.3, 0.4) is 0 Å². The average Bonchev–Trinajstić information content (AvgIpc) is 2.92. The molecule has 1 N–H and O–H groups in total. The van der Waals surface area contributed by atoms with Crippen LogP contribution in [0.25, 0.3) is 0 Å². The van der Waals surface area contributed by atoms with Crippen LogP contribution in [0.5, 0.6) is 5.75 Å². The van der Waals surface area contributed by atoms with Gasteiger partial charge in [0.2, 0.25) is 5.91 Å². The fourth-order valence-electron chi connectivity index (χ4n) is 3.91. The molecule has 0 bridgehead atoms. The Morgan fingerprint density at radius 2 is 1.38 bits per heavy atom. The fraction of sp³-hybridized carbons (Fsp3) is 0.138. The van der Waals surface area contributed by atoms with Crippen LogP contribution in [0, 0.1) is 0 Å². The lowest BCUT2D eigenvalue weighted by atomic mass is 9.99. The number of nitrogens with one attached hydrogen (secondary N) is 1. The molecule has 0 saturated carbocycles. The minimum absolute atomic E-state index is 0.0289. The maximum absolute atomic E-state index is 13.7. The normalized spacial score (nSPS) is 11.2. The lowest BCUT2D eigenvalue weighted by molar-refractivity contribution is -0.120. The number of nitrogens with zero attached hydrogens (tertiary/aromatic N) is 1. The number of benzene rings is 4. The number of ether oxygens (including phenoxy) is 1. The third-order valence-corrected chi connectivity index (χ3v) is 7.74. The van der Waals surface area contributed by atoms with Gasteiger partial charge in [0, 0.05) is 5.02 Å². The molecular formula is C29H27ClN2O4S. The molecule has 6 nitrogen and oxygen atoms in total. The third-order valence-electron chi connectivity index (χ3n) is 5.70. The predicted molar refractivity (Wildman–Crippen MR) is 146 cm³/mol. The van der Waals surface area contributed by atoms with Crippen molar-refractivity contribution >= 4 is 33.2 Å². The van der Waals surface area contributed by atoms with Crippen LogP contribution in [0.2, 0.25) is 5.02 Å². The van der Waals surface area contributed by atoms with Gasteiger partial charge in [0.1, 0.15) is 12.3 Å². The second-order valence-corrected chi connectivity index (χ2v) is 10.5. The average molecular weight is 535 g/mol. The smallest absolute Gasteiger partial charge is 0.264 e. The van der Waals surface area contributed by atoms with Crippen LogP contribution in [-0.2, 0) is 14.8 Å². The van der Waals surface area contributed by atoms with Gasteiger partial charge in [-0.25, -0.2) is 8.42 Å². The second kappa shape index (κ2) is 12.0. The van der Waals surface area contributed by atoms with Crippen LogP contribution in [0.1, 0.15) is 24.1 Å². The monoisotopic (exact) mass is 534 g/mol. The van der Waals surface area contributed by atoms with Gasteiger partial charge >= 0.3 is 0 Å². The number of carbonyl (C=O) groups is 1. The van der Waals surface area contributed by atoms with E-state index in [1.54, 1.807) is 24.3 Å². The van der Waals surface area contributed by atoms with Gasteiger partial charge in [0.05, 0.1) is 23.2 Å². The molecule has 4 aromatic carbocycles. The van der Waals surface area contributed by atoms with Gasteiger partial charge in [-0.05, 0) is 66.6 Å². The quantitative estimate of drug-likeness (QED) is 0.277. The highest BCUT2D eigenvalue weighted by atomic mass is 35.5. The van der Waals surface area contributed by atoms with Gasteiger partial charge in [0.25, 0.3) is 10.0 Å². The van der Waals surface area contributed by atoms with Gasteiger partial charge < -0.3 is 10.1 Å². The van der Waals surface area contributed by atoms with Gasteiger partial charge in [0.15, 0.2) is 0 Å². The Morgan fingerprint density at radius 1 is 0.838 bits per heavy atom. The molecule has 4 aromatic rings. The maximum Gasteiger partial charge on any atom is 0.264 e. The molecule has 0 atom stereocenters. The van der Waals surface area contributed by atoms with Crippen molar-refractivity contribution in [2.45, 2.75) is 17.9 Å². The number of halogens is 1. The summed E-state index contributed by atoms with van der Waals surface area (Å²) in [6.45, 7) is 1.93. The van der Waals surface area contributed by atoms with E-state index in [2.05, 4.69) is 5.32 Å². The molecule has 8 heteroatoms. The minimum atomic E-state index is -4.08. The first-order valence-electron chi connectivity index (χ1n) is 11.8. The van der Waals surface area contributed by atoms with Gasteiger partial charge in [-0.1, -0.05) is 72.3 Å². The minimum Gasteiger partial charge on any atom is -0.494 e. The van der Waals surface area contributed by atoms with E-state index >= 15 is 0 Å². The van der Waals surface area contributed by atoms with E-state index in [1.807, 2.05) is 67.6 Å². The maximum atomic E-state index is 13.7. The highest BCUT2D eigenvalue weighted by molar-refractivity contribution is 7.92. The van der Waals surface area contributed by atoms with Crippen molar-refractivity contribution in [3.8, 4) is 5.75 Å². The Labute approximate surface area is 222 Å². The molecule has 0 saturated heterocycles. The molecule has 0 unspecified atom stereocenters. The molecule has 1 amide bonds. The summed E-state index contributed by atoms with van der Waals surface area (Å²) in [7, 11) is -4.08. The van der Waals surface area contributed by atoms with Crippen LogP contribution in [0.4, 0.5) is 5.69 Å². The molecule has 0 heterocycles. The molecule has 190 valence electrons. The fourth-order valence-corrected chi connectivity index (χ4v) is 5.46. The zero-order valence-corrected chi connectivity index (χ0v) is 21.8. The summed E-state index contributed by atoms with van der Waals surface area (Å²) >= 11 is 5.98. The number of amides is 1. The molecule has 0 aromatic heterocycles. The molecule has 0 spiro atoms. The Bertz CT molecular complexity index is 1370. The zero-order chi connectivity index (χ0) is 26.3. The number of anilines is 1. The van der Waals surface area contributed by atoms with Crippen LogP contribution >= 0.6 is 11.6 Å². The van der Waals surface area contributed by atoms with E-state index in [4.69, 9.17) is 16.3 Å². The third kappa shape index (κ3) is 6.50. The van der Waals surface area contributed by atoms with Crippen molar-refractivity contribution < 1.29 is 17.9 Å². The van der Waals surface area contributed by atoms with Crippen molar-refractivity contribution in [1.82, 2.24) is 5.32 Å². The molecule has 4 rings (SSSR count). The van der Waals surface area contributed by atoms with E-state index < -0.39 is 28.5 Å². The van der Waals surface area contributed by atoms with Crippen molar-refractivity contribution in [2.24, 2.45) is 0 Å². The SMILES string of the molecule is CCOc1ccc(N(CC(=O)NC(c2ccccc2)c2ccccc2)S(=O)(=O)c2ccc(Cl)cc2)cc1. The second-order valence-electron chi connectivity index (χ2n) is 8.21. The number of hydrogen-bond donors (Lipinski definition) is 1. The Morgan fingerprint density at radius 3 is 1.89 bits per heavy atom. The first-order valence-corrected chi connectivity index (χ1v) is 13.6. The van der Waals surface area contributed by atoms with Crippen molar-refractivity contribution in [1.29, 1.82) is 0 Å². The number of rotatable bonds is 10. The van der Waals surface area contributed by atoms with Crippen LogP contribution < -0.4 is 14.4 Å². The van der Waals surface area contributed by atoms with E-state index in [0.29, 0.717) is 23.1 Å². The Kier molecular flexibility index (Phi) is 8.48. The summed E-state index contributed by atoms with van der Waals surface area (Å²) in [6.07, 6.45) is 0. The number of sulfonamides is 1. The highest BCUT2D eigenvalue weighted by Crippen LogP contribution is 2.27. The van der Waals surface area contributed by atoms with Crippen LogP contribution in [0.15, 0.2) is 114 Å². The molecule has 0 radical (unpaired) electrons. The molecule has 0 aliphatic carbocycles. The molecule has 0 aliphatic heterocycles. The summed E-state index contributed by atoms with van der Waals surface area (Å²) in [4.78, 5) is 13.5. The summed E-state index contributed by atoms with van der Waals surface area (Å²) in [6, 6.07) is 31.1. The Hall–Kier alpha value is -3.81. The van der Waals surface area contributed by atoms with E-state index in [0.717, 1.165) is 15.4 Å². The summed E-state index contributed by atoms with van der Waals surface area (Å²) in [5, 5.41) is 3.44. The van der Waals surface area contributed by atoms with E-state index in [-0.39, 0.29) is 4.90 Å². The topological polar surface area (TPSA) is 75.7 Å². The molecule has 0 fully saturated rings. The van der Waals surface area contributed by atoms with Crippen LogP contribution in [-0.4, -0.2) is 27.5 Å². The molecule has 0 aliphatic rings. The predicted octanol–water partition coefficient (Wildman–Crippen LogP) is 5.84. The highest BCUT2D eigenvalue weighted by Gasteiger charge is 2.28. The first kappa shape index (κ1) is 26.3. The first-order chi connectivity index (χ1) is 17.9. The molecule has 37 heavy (non-hydrogen) atoms. The largest absolute Gasteiger partial charge is 0.494 e. The number of hydrogen-bond acceptors (Lipinski definition) is 4. The number of carbonyl (C=O) groups excluding carboxylic acids is 1. The Balaban J connectivity index is 1.67. The van der Waals surface area contributed by atoms with Gasteiger partial charge in [-0.3, -0.25) is 9.10 Å². The van der Waals surface area contributed by atoms with E-state index in [1.165, 1.54) is 24.3 Å². The summed E-state index contributed by atoms with van der Waals surface area (Å²) in [5.41, 5.74) is 2.11. The van der Waals surface area contributed by atoms with Crippen molar-refractivity contribution in [3.63, 3.8) is 0 Å². The lowest BCUT2D eigenvalue weighted by Crippen LogP contribution is -2.42.